The van der Waals surface area contributed by atoms with Crippen molar-refractivity contribution in [3.05, 3.63) is 70.8 Å². The molecule has 0 saturated heterocycles. The van der Waals surface area contributed by atoms with Crippen LogP contribution in [0.4, 0.5) is 5.69 Å². The summed E-state index contributed by atoms with van der Waals surface area (Å²) in [6.07, 6.45) is 3.83. The highest BCUT2D eigenvalue weighted by Crippen LogP contribution is 2.28. The zero-order valence-corrected chi connectivity index (χ0v) is 16.4. The summed E-state index contributed by atoms with van der Waals surface area (Å²) in [6, 6.07) is 11.4. The quantitative estimate of drug-likeness (QED) is 0.659. The number of hydrazone groups is 1. The van der Waals surface area contributed by atoms with Gasteiger partial charge in [0.15, 0.2) is 0 Å². The first-order chi connectivity index (χ1) is 13.5. The fourth-order valence-corrected chi connectivity index (χ4v) is 3.30. The Hall–Kier alpha value is -3.48. The van der Waals surface area contributed by atoms with Gasteiger partial charge in [-0.15, -0.1) is 0 Å². The summed E-state index contributed by atoms with van der Waals surface area (Å²) in [5.41, 5.74) is 5.34. The molecule has 1 amide bonds. The molecule has 3 aromatic rings. The Balaban J connectivity index is 1.86. The van der Waals surface area contributed by atoms with E-state index in [4.69, 9.17) is 0 Å². The zero-order valence-electron chi connectivity index (χ0n) is 16.4. The maximum Gasteiger partial charge on any atom is 0.281 e. The summed E-state index contributed by atoms with van der Waals surface area (Å²) in [7, 11) is 1.86. The minimum Gasteiger partial charge on any atom is -0.272 e. The van der Waals surface area contributed by atoms with Crippen molar-refractivity contribution in [2.45, 2.75) is 27.3 Å². The molecule has 28 heavy (non-hydrogen) atoms. The van der Waals surface area contributed by atoms with Crippen molar-refractivity contribution in [3.8, 4) is 0 Å². The number of para-hydroxylation sites is 1. The van der Waals surface area contributed by atoms with Gasteiger partial charge < -0.3 is 0 Å². The third kappa shape index (κ3) is 3.05. The fraction of sp³-hybridized carbons (Fsp3) is 0.238. The van der Waals surface area contributed by atoms with E-state index in [1.54, 1.807) is 4.68 Å². The topological polar surface area (TPSA) is 68.3 Å². The fourth-order valence-electron chi connectivity index (χ4n) is 3.30. The molecule has 1 aromatic carbocycles. The summed E-state index contributed by atoms with van der Waals surface area (Å²) in [4.78, 5) is 13.3. The number of carbonyl (C=O) groups excluding carboxylic acids is 1. The standard InChI is InChI=1S/C21H22N6O/c1-5-26-13-16(15(3)23-26)12-18-20(19-11-14(2)22-25(19)4)24-27(21(18)28)17-9-7-6-8-10-17/h6-13H,5H2,1-4H3/b18-12-. The van der Waals surface area contributed by atoms with Crippen molar-refractivity contribution in [1.29, 1.82) is 0 Å². The number of amides is 1. The van der Waals surface area contributed by atoms with Gasteiger partial charge in [-0.25, -0.2) is 0 Å². The molecule has 0 bridgehead atoms. The number of hydrogen-bond donors (Lipinski definition) is 0. The maximum atomic E-state index is 13.3. The van der Waals surface area contributed by atoms with Crippen LogP contribution in [0.2, 0.25) is 0 Å². The highest BCUT2D eigenvalue weighted by atomic mass is 16.2. The predicted octanol–water partition coefficient (Wildman–Crippen LogP) is 3.09. The second kappa shape index (κ2) is 6.92. The molecule has 1 aliphatic heterocycles. The third-order valence-corrected chi connectivity index (χ3v) is 4.73. The van der Waals surface area contributed by atoms with Gasteiger partial charge in [0, 0.05) is 25.4 Å². The van der Waals surface area contributed by atoms with Gasteiger partial charge in [0.25, 0.3) is 5.91 Å². The number of rotatable bonds is 4. The molecule has 0 unspecified atom stereocenters. The van der Waals surface area contributed by atoms with E-state index in [2.05, 4.69) is 15.3 Å². The molecule has 7 nitrogen and oxygen atoms in total. The molecular weight excluding hydrogens is 352 g/mol. The lowest BCUT2D eigenvalue weighted by Crippen LogP contribution is -2.21. The van der Waals surface area contributed by atoms with Crippen molar-refractivity contribution >= 4 is 23.4 Å². The minimum absolute atomic E-state index is 0.163. The van der Waals surface area contributed by atoms with Gasteiger partial charge in [-0.3, -0.25) is 14.2 Å². The third-order valence-electron chi connectivity index (χ3n) is 4.73. The van der Waals surface area contributed by atoms with Gasteiger partial charge in [-0.1, -0.05) is 18.2 Å². The average Bonchev–Trinajstić information content (AvgIpc) is 3.32. The normalized spacial score (nSPS) is 15.6. The number of aryl methyl sites for hydroxylation is 4. The van der Waals surface area contributed by atoms with Crippen LogP contribution in [0.25, 0.3) is 6.08 Å². The molecule has 142 valence electrons. The summed E-state index contributed by atoms with van der Waals surface area (Å²) in [5, 5.41) is 15.0. The Morgan fingerprint density at radius 2 is 1.86 bits per heavy atom. The number of hydrogen-bond acceptors (Lipinski definition) is 4. The highest BCUT2D eigenvalue weighted by Gasteiger charge is 2.33. The van der Waals surface area contributed by atoms with Crippen molar-refractivity contribution in [2.24, 2.45) is 12.1 Å². The van der Waals surface area contributed by atoms with E-state index in [1.807, 2.05) is 81.2 Å². The number of carbonyl (C=O) groups is 1. The van der Waals surface area contributed by atoms with Gasteiger partial charge in [-0.2, -0.15) is 20.3 Å². The second-order valence-electron chi connectivity index (χ2n) is 6.78. The molecule has 2 aromatic heterocycles. The van der Waals surface area contributed by atoms with E-state index < -0.39 is 0 Å². The Labute approximate surface area is 163 Å². The van der Waals surface area contributed by atoms with E-state index in [-0.39, 0.29) is 5.91 Å². The SMILES string of the molecule is CCn1cc(/C=C2\C(=O)N(c3ccccc3)N=C2c2cc(C)nn2C)c(C)n1. The van der Waals surface area contributed by atoms with Crippen LogP contribution < -0.4 is 5.01 Å². The second-order valence-corrected chi connectivity index (χ2v) is 6.78. The highest BCUT2D eigenvalue weighted by molar-refractivity contribution is 6.37. The van der Waals surface area contributed by atoms with Crippen molar-refractivity contribution < 1.29 is 4.79 Å². The summed E-state index contributed by atoms with van der Waals surface area (Å²) in [5.74, 6) is -0.163. The molecule has 1 aliphatic rings. The van der Waals surface area contributed by atoms with Crippen LogP contribution >= 0.6 is 0 Å². The van der Waals surface area contributed by atoms with E-state index in [1.165, 1.54) is 5.01 Å². The molecule has 3 heterocycles. The smallest absolute Gasteiger partial charge is 0.272 e. The Morgan fingerprint density at radius 3 is 2.46 bits per heavy atom. The minimum atomic E-state index is -0.163. The largest absolute Gasteiger partial charge is 0.281 e. The number of aromatic nitrogens is 4. The Morgan fingerprint density at radius 1 is 1.11 bits per heavy atom. The van der Waals surface area contributed by atoms with Gasteiger partial charge in [0.1, 0.15) is 5.71 Å². The lowest BCUT2D eigenvalue weighted by atomic mass is 10.0. The molecule has 4 rings (SSSR count). The van der Waals surface area contributed by atoms with Crippen LogP contribution in [-0.4, -0.2) is 31.2 Å². The number of benzene rings is 1. The summed E-state index contributed by atoms with van der Waals surface area (Å²) in [6.45, 7) is 6.68. The van der Waals surface area contributed by atoms with Crippen LogP contribution in [0.1, 0.15) is 29.6 Å². The lowest BCUT2D eigenvalue weighted by molar-refractivity contribution is -0.114. The van der Waals surface area contributed by atoms with Crippen molar-refractivity contribution in [2.75, 3.05) is 5.01 Å². The number of anilines is 1. The van der Waals surface area contributed by atoms with E-state index in [0.29, 0.717) is 11.3 Å². The van der Waals surface area contributed by atoms with Gasteiger partial charge in [-0.05, 0) is 45.0 Å². The Bertz CT molecular complexity index is 1100. The lowest BCUT2D eigenvalue weighted by Gasteiger charge is -2.10. The zero-order chi connectivity index (χ0) is 19.8. The van der Waals surface area contributed by atoms with Crippen LogP contribution in [0, 0.1) is 13.8 Å². The number of nitrogens with zero attached hydrogens (tertiary/aromatic N) is 6. The molecule has 7 heteroatoms. The molecule has 0 radical (unpaired) electrons. The average molecular weight is 374 g/mol. The molecule has 0 fully saturated rings. The molecule has 0 N–H and O–H groups in total. The molecular formula is C21H22N6O. The van der Waals surface area contributed by atoms with Gasteiger partial charge >= 0.3 is 0 Å². The van der Waals surface area contributed by atoms with Gasteiger partial charge in [0.2, 0.25) is 0 Å². The molecule has 0 atom stereocenters. The van der Waals surface area contributed by atoms with Crippen molar-refractivity contribution in [1.82, 2.24) is 19.6 Å². The van der Waals surface area contributed by atoms with Crippen LogP contribution in [0.3, 0.4) is 0 Å². The monoisotopic (exact) mass is 374 g/mol. The van der Waals surface area contributed by atoms with Crippen LogP contribution in [0.5, 0.6) is 0 Å². The van der Waals surface area contributed by atoms with E-state index in [0.717, 1.165) is 34.9 Å². The van der Waals surface area contributed by atoms with Crippen LogP contribution in [-0.2, 0) is 18.4 Å². The summed E-state index contributed by atoms with van der Waals surface area (Å²) >= 11 is 0. The van der Waals surface area contributed by atoms with Crippen molar-refractivity contribution in [3.63, 3.8) is 0 Å². The first-order valence-corrected chi connectivity index (χ1v) is 9.23. The van der Waals surface area contributed by atoms with Gasteiger partial charge in [0.05, 0.1) is 28.3 Å². The van der Waals surface area contributed by atoms with Crippen LogP contribution in [0.15, 0.2) is 53.3 Å². The molecule has 0 saturated carbocycles. The molecule has 0 spiro atoms. The molecule has 0 aliphatic carbocycles. The predicted molar refractivity (Wildman–Crippen MR) is 109 cm³/mol. The Kier molecular flexibility index (Phi) is 4.43. The first kappa shape index (κ1) is 17.9. The first-order valence-electron chi connectivity index (χ1n) is 9.23. The van der Waals surface area contributed by atoms with E-state index >= 15 is 0 Å². The maximum absolute atomic E-state index is 13.3. The van der Waals surface area contributed by atoms with E-state index in [9.17, 15) is 4.79 Å². The summed E-state index contributed by atoms with van der Waals surface area (Å²) < 4.78 is 3.62.